The van der Waals surface area contributed by atoms with E-state index in [1.165, 1.54) is 0 Å². The van der Waals surface area contributed by atoms with Crippen LogP contribution in [0.5, 0.6) is 0 Å². The molecular weight excluding hydrogens is 174 g/mol. The number of rotatable bonds is 6. The van der Waals surface area contributed by atoms with Gasteiger partial charge >= 0.3 is 0 Å². The lowest BCUT2D eigenvalue weighted by Crippen LogP contribution is -2.30. The van der Waals surface area contributed by atoms with Crippen molar-refractivity contribution in [3.63, 3.8) is 0 Å². The molecule has 1 amide bonds. The van der Waals surface area contributed by atoms with Crippen LogP contribution < -0.4 is 5.32 Å². The molecule has 0 saturated carbocycles. The number of aliphatic hydroxyl groups is 1. The molecule has 0 fully saturated rings. The van der Waals surface area contributed by atoms with Gasteiger partial charge in [-0.1, -0.05) is 6.92 Å². The third kappa shape index (κ3) is 7.88. The summed E-state index contributed by atoms with van der Waals surface area (Å²) in [6.07, 6.45) is 0.0957. The number of hydrogen-bond donors (Lipinski definition) is 2. The zero-order valence-electron chi connectivity index (χ0n) is 7.67. The minimum Gasteiger partial charge on any atom is -0.392 e. The summed E-state index contributed by atoms with van der Waals surface area (Å²) in [7, 11) is 0. The van der Waals surface area contributed by atoms with Gasteiger partial charge in [-0.15, -0.1) is 0 Å². The maximum atomic E-state index is 11.0. The van der Waals surface area contributed by atoms with E-state index in [4.69, 9.17) is 5.11 Å². The third-order valence-electron chi connectivity index (χ3n) is 1.27. The van der Waals surface area contributed by atoms with E-state index in [1.54, 1.807) is 18.7 Å². The number of aliphatic hydroxyl groups excluding tert-OH is 1. The molecule has 0 aromatic rings. The Labute approximate surface area is 77.9 Å². The summed E-state index contributed by atoms with van der Waals surface area (Å²) >= 11 is 1.75. The summed E-state index contributed by atoms with van der Waals surface area (Å²) in [5.74, 6) is 1.93. The van der Waals surface area contributed by atoms with Gasteiger partial charge < -0.3 is 10.4 Å². The molecule has 0 spiro atoms. The fourth-order valence-corrected chi connectivity index (χ4v) is 1.28. The molecule has 12 heavy (non-hydrogen) atoms. The Morgan fingerprint density at radius 2 is 2.33 bits per heavy atom. The predicted octanol–water partition coefficient (Wildman–Crippen LogP) is 0.627. The molecule has 2 N–H and O–H groups in total. The highest BCUT2D eigenvalue weighted by atomic mass is 32.2. The van der Waals surface area contributed by atoms with Gasteiger partial charge in [-0.25, -0.2) is 0 Å². The van der Waals surface area contributed by atoms with Crippen LogP contribution in [-0.4, -0.2) is 35.2 Å². The maximum absolute atomic E-state index is 11.0. The topological polar surface area (TPSA) is 49.3 Å². The zero-order valence-corrected chi connectivity index (χ0v) is 8.49. The second-order valence-corrected chi connectivity index (χ2v) is 3.99. The third-order valence-corrected chi connectivity index (χ3v) is 2.17. The second kappa shape index (κ2) is 7.43. The fraction of sp³-hybridized carbons (Fsp3) is 0.875. The molecule has 0 aliphatic rings. The summed E-state index contributed by atoms with van der Waals surface area (Å²) in [6.45, 7) is 4.08. The minimum atomic E-state index is -0.451. The molecule has 0 aliphatic heterocycles. The zero-order chi connectivity index (χ0) is 9.40. The molecule has 0 bridgehead atoms. The molecule has 1 atom stereocenters. The normalized spacial score (nSPS) is 12.6. The molecule has 4 heteroatoms. The number of amides is 1. The lowest BCUT2D eigenvalue weighted by Gasteiger charge is -2.06. The highest BCUT2D eigenvalue weighted by molar-refractivity contribution is 7.99. The van der Waals surface area contributed by atoms with Crippen molar-refractivity contribution in [3.05, 3.63) is 0 Å². The molecule has 0 aromatic carbocycles. The first kappa shape index (κ1) is 11.8. The Bertz CT molecular complexity index is 128. The Balaban J connectivity index is 3.22. The van der Waals surface area contributed by atoms with Crippen molar-refractivity contribution < 1.29 is 9.90 Å². The summed E-state index contributed by atoms with van der Waals surface area (Å²) < 4.78 is 0. The number of hydrogen-bond acceptors (Lipinski definition) is 3. The van der Waals surface area contributed by atoms with Gasteiger partial charge in [0.05, 0.1) is 6.10 Å². The molecule has 0 aliphatic carbocycles. The number of carbonyl (C=O) groups is 1. The number of carbonyl (C=O) groups excluding carboxylic acids is 1. The van der Waals surface area contributed by atoms with Gasteiger partial charge in [0, 0.05) is 18.7 Å². The molecule has 0 heterocycles. The van der Waals surface area contributed by atoms with Crippen molar-refractivity contribution in [1.29, 1.82) is 0 Å². The summed E-state index contributed by atoms with van der Waals surface area (Å²) in [6, 6.07) is 0. The first-order valence-corrected chi connectivity index (χ1v) is 5.34. The Hall–Kier alpha value is -0.220. The molecular formula is C8H17NO2S. The van der Waals surface area contributed by atoms with Crippen LogP contribution in [0.25, 0.3) is 0 Å². The first-order chi connectivity index (χ1) is 5.66. The number of nitrogens with one attached hydrogen (secondary N) is 1. The van der Waals surface area contributed by atoms with Gasteiger partial charge in [0.15, 0.2) is 0 Å². The average molecular weight is 191 g/mol. The van der Waals surface area contributed by atoms with Crippen molar-refractivity contribution in [2.24, 2.45) is 0 Å². The van der Waals surface area contributed by atoms with Gasteiger partial charge in [0.1, 0.15) is 0 Å². The maximum Gasteiger partial charge on any atom is 0.220 e. The van der Waals surface area contributed by atoms with Crippen molar-refractivity contribution in [1.82, 2.24) is 5.32 Å². The average Bonchev–Trinajstić information content (AvgIpc) is 2.01. The van der Waals surface area contributed by atoms with Gasteiger partial charge in [-0.3, -0.25) is 4.79 Å². The fourth-order valence-electron chi connectivity index (χ4n) is 0.659. The molecule has 3 nitrogen and oxygen atoms in total. The van der Waals surface area contributed by atoms with Crippen LogP contribution in [0.3, 0.4) is 0 Å². The lowest BCUT2D eigenvalue weighted by atomic mass is 10.4. The van der Waals surface area contributed by atoms with Crippen LogP contribution in [0.4, 0.5) is 0 Å². The van der Waals surface area contributed by atoms with E-state index in [-0.39, 0.29) is 5.91 Å². The monoisotopic (exact) mass is 191 g/mol. The van der Waals surface area contributed by atoms with Gasteiger partial charge in [0.2, 0.25) is 5.91 Å². The second-order valence-electron chi connectivity index (χ2n) is 2.60. The van der Waals surface area contributed by atoms with E-state index in [1.807, 2.05) is 0 Å². The van der Waals surface area contributed by atoms with Gasteiger partial charge in [-0.2, -0.15) is 11.8 Å². The molecule has 0 saturated heterocycles. The standard InChI is InChI=1S/C8H17NO2S/c1-3-12-5-4-8(11)9-6-7(2)10/h7,10H,3-6H2,1-2H3,(H,9,11). The van der Waals surface area contributed by atoms with Crippen molar-refractivity contribution in [3.8, 4) is 0 Å². The Morgan fingerprint density at radius 3 is 2.83 bits per heavy atom. The highest BCUT2D eigenvalue weighted by Gasteiger charge is 2.01. The van der Waals surface area contributed by atoms with E-state index in [0.29, 0.717) is 13.0 Å². The lowest BCUT2D eigenvalue weighted by molar-refractivity contribution is -0.121. The van der Waals surface area contributed by atoms with Crippen molar-refractivity contribution in [2.45, 2.75) is 26.4 Å². The minimum absolute atomic E-state index is 0.0249. The van der Waals surface area contributed by atoms with Gasteiger partial charge in [0.25, 0.3) is 0 Å². The van der Waals surface area contributed by atoms with E-state index >= 15 is 0 Å². The predicted molar refractivity (Wildman–Crippen MR) is 52.3 cm³/mol. The first-order valence-electron chi connectivity index (χ1n) is 4.19. The van der Waals surface area contributed by atoms with Gasteiger partial charge in [-0.05, 0) is 12.7 Å². The smallest absolute Gasteiger partial charge is 0.220 e. The van der Waals surface area contributed by atoms with Crippen molar-refractivity contribution >= 4 is 17.7 Å². The summed E-state index contributed by atoms with van der Waals surface area (Å²) in [4.78, 5) is 11.0. The van der Waals surface area contributed by atoms with E-state index in [2.05, 4.69) is 12.2 Å². The molecule has 0 rings (SSSR count). The van der Waals surface area contributed by atoms with E-state index < -0.39 is 6.10 Å². The van der Waals surface area contributed by atoms with Crippen LogP contribution in [0.15, 0.2) is 0 Å². The highest BCUT2D eigenvalue weighted by Crippen LogP contribution is 2.00. The summed E-state index contributed by atoms with van der Waals surface area (Å²) in [5, 5.41) is 11.5. The Kier molecular flexibility index (Phi) is 7.29. The quantitative estimate of drug-likeness (QED) is 0.605. The Morgan fingerprint density at radius 1 is 1.67 bits per heavy atom. The van der Waals surface area contributed by atoms with Crippen LogP contribution in [0, 0.1) is 0 Å². The van der Waals surface area contributed by atoms with Crippen LogP contribution in [0.1, 0.15) is 20.3 Å². The molecule has 0 radical (unpaired) electrons. The molecule has 1 unspecified atom stereocenters. The molecule has 0 aromatic heterocycles. The van der Waals surface area contributed by atoms with Crippen LogP contribution in [0.2, 0.25) is 0 Å². The van der Waals surface area contributed by atoms with E-state index in [9.17, 15) is 4.79 Å². The van der Waals surface area contributed by atoms with E-state index in [0.717, 1.165) is 11.5 Å². The van der Waals surface area contributed by atoms with Crippen molar-refractivity contribution in [2.75, 3.05) is 18.1 Å². The summed E-state index contributed by atoms with van der Waals surface area (Å²) in [5.41, 5.74) is 0. The SMILES string of the molecule is CCSCCC(=O)NCC(C)O. The van der Waals surface area contributed by atoms with Crippen LogP contribution in [-0.2, 0) is 4.79 Å². The largest absolute Gasteiger partial charge is 0.392 e. The molecule has 72 valence electrons. The number of thioether (sulfide) groups is 1. The van der Waals surface area contributed by atoms with Crippen LogP contribution >= 0.6 is 11.8 Å².